The Morgan fingerprint density at radius 2 is 1.77 bits per heavy atom. The van der Waals surface area contributed by atoms with Gasteiger partial charge in [0.1, 0.15) is 0 Å². The SMILES string of the molecule is CCN1CCN(C(=O)C2Cc3ccccc3CN2)CC1.Cl.Cl. The van der Waals surface area contributed by atoms with Gasteiger partial charge in [0.05, 0.1) is 6.04 Å². The van der Waals surface area contributed by atoms with Gasteiger partial charge >= 0.3 is 0 Å². The third-order valence-corrected chi connectivity index (χ3v) is 4.51. The number of piperazine rings is 1. The standard InChI is InChI=1S/C16H23N3O.2ClH/c1-2-18-7-9-19(10-8-18)16(20)15-11-13-5-3-4-6-14(13)12-17-15;;/h3-6,15,17H,2,7-12H2,1H3;2*1H. The minimum atomic E-state index is -0.0434. The van der Waals surface area contributed by atoms with Gasteiger partial charge in [0.2, 0.25) is 5.91 Å². The highest BCUT2D eigenvalue weighted by Gasteiger charge is 2.29. The molecule has 1 unspecified atom stereocenters. The lowest BCUT2D eigenvalue weighted by Gasteiger charge is -2.37. The first-order valence-electron chi connectivity index (χ1n) is 7.59. The molecule has 0 spiro atoms. The average Bonchev–Trinajstić information content (AvgIpc) is 2.54. The summed E-state index contributed by atoms with van der Waals surface area (Å²) in [5.41, 5.74) is 2.64. The van der Waals surface area contributed by atoms with Crippen LogP contribution in [0.4, 0.5) is 0 Å². The highest BCUT2D eigenvalue weighted by Crippen LogP contribution is 2.17. The molecule has 0 radical (unpaired) electrons. The van der Waals surface area contributed by atoms with Gasteiger partial charge in [-0.3, -0.25) is 4.79 Å². The van der Waals surface area contributed by atoms with E-state index in [0.29, 0.717) is 0 Å². The van der Waals surface area contributed by atoms with E-state index in [4.69, 9.17) is 0 Å². The number of amides is 1. The minimum absolute atomic E-state index is 0. The second kappa shape index (κ2) is 8.73. The summed E-state index contributed by atoms with van der Waals surface area (Å²) in [5.74, 6) is 0.273. The second-order valence-corrected chi connectivity index (χ2v) is 5.67. The van der Waals surface area contributed by atoms with E-state index in [0.717, 1.165) is 45.7 Å². The lowest BCUT2D eigenvalue weighted by molar-refractivity contribution is -0.135. The summed E-state index contributed by atoms with van der Waals surface area (Å²) < 4.78 is 0. The maximum atomic E-state index is 12.6. The van der Waals surface area contributed by atoms with Crippen LogP contribution in [0.5, 0.6) is 0 Å². The molecule has 1 N–H and O–H groups in total. The molecule has 2 heterocycles. The van der Waals surface area contributed by atoms with E-state index in [1.165, 1.54) is 11.1 Å². The molecule has 1 aromatic rings. The fraction of sp³-hybridized carbons (Fsp3) is 0.562. The molecule has 0 aromatic heterocycles. The number of nitrogens with one attached hydrogen (secondary N) is 1. The maximum Gasteiger partial charge on any atom is 0.240 e. The van der Waals surface area contributed by atoms with E-state index in [2.05, 4.69) is 41.4 Å². The van der Waals surface area contributed by atoms with Crippen molar-refractivity contribution >= 4 is 30.7 Å². The lowest BCUT2D eigenvalue weighted by atomic mass is 9.95. The number of halogens is 2. The molecular weight excluding hydrogens is 321 g/mol. The van der Waals surface area contributed by atoms with Crippen LogP contribution in [0.1, 0.15) is 18.1 Å². The molecule has 124 valence electrons. The van der Waals surface area contributed by atoms with Gasteiger partial charge in [-0.25, -0.2) is 0 Å². The predicted molar refractivity (Wildman–Crippen MR) is 94.0 cm³/mol. The molecule has 1 amide bonds. The Balaban J connectivity index is 0.00000121. The molecule has 0 saturated carbocycles. The second-order valence-electron chi connectivity index (χ2n) is 5.67. The number of hydrogen-bond donors (Lipinski definition) is 1. The van der Waals surface area contributed by atoms with Crippen molar-refractivity contribution in [2.24, 2.45) is 0 Å². The van der Waals surface area contributed by atoms with Gasteiger partial charge in [-0.2, -0.15) is 0 Å². The van der Waals surface area contributed by atoms with Crippen molar-refractivity contribution in [3.8, 4) is 0 Å². The molecule has 0 bridgehead atoms. The van der Waals surface area contributed by atoms with E-state index >= 15 is 0 Å². The molecule has 3 rings (SSSR count). The van der Waals surface area contributed by atoms with Crippen molar-refractivity contribution in [3.05, 3.63) is 35.4 Å². The van der Waals surface area contributed by atoms with Crippen LogP contribution >= 0.6 is 24.8 Å². The highest BCUT2D eigenvalue weighted by molar-refractivity contribution is 5.85. The van der Waals surface area contributed by atoms with Crippen LogP contribution in [0.2, 0.25) is 0 Å². The Kier molecular flexibility index (Phi) is 7.63. The van der Waals surface area contributed by atoms with Crippen molar-refractivity contribution in [2.45, 2.75) is 25.9 Å². The lowest BCUT2D eigenvalue weighted by Crippen LogP contribution is -2.55. The molecule has 1 aromatic carbocycles. The normalized spacial score (nSPS) is 21.3. The summed E-state index contributed by atoms with van der Waals surface area (Å²) in [6.07, 6.45) is 0.822. The summed E-state index contributed by atoms with van der Waals surface area (Å²) in [6.45, 7) is 7.81. The number of likely N-dealkylation sites (N-methyl/N-ethyl adjacent to an activating group) is 1. The van der Waals surface area contributed by atoms with Gasteiger partial charge in [-0.05, 0) is 24.1 Å². The number of carbonyl (C=O) groups is 1. The monoisotopic (exact) mass is 345 g/mol. The fourth-order valence-corrected chi connectivity index (χ4v) is 3.13. The molecular formula is C16H25Cl2N3O. The number of rotatable bonds is 2. The first kappa shape index (κ1) is 19.2. The summed E-state index contributed by atoms with van der Waals surface area (Å²) in [4.78, 5) is 17.0. The molecule has 2 aliphatic heterocycles. The number of fused-ring (bicyclic) bond motifs is 1. The van der Waals surface area contributed by atoms with Gasteiger partial charge in [-0.15, -0.1) is 24.8 Å². The number of benzene rings is 1. The van der Waals surface area contributed by atoms with Gasteiger partial charge in [0.15, 0.2) is 0 Å². The zero-order valence-electron chi connectivity index (χ0n) is 13.0. The molecule has 1 atom stereocenters. The summed E-state index contributed by atoms with van der Waals surface area (Å²) in [7, 11) is 0. The van der Waals surface area contributed by atoms with E-state index in [1.807, 2.05) is 4.90 Å². The van der Waals surface area contributed by atoms with Crippen molar-refractivity contribution in [1.82, 2.24) is 15.1 Å². The van der Waals surface area contributed by atoms with Crippen LogP contribution in [0.25, 0.3) is 0 Å². The van der Waals surface area contributed by atoms with Crippen LogP contribution in [0.3, 0.4) is 0 Å². The largest absolute Gasteiger partial charge is 0.339 e. The first-order valence-corrected chi connectivity index (χ1v) is 7.59. The zero-order chi connectivity index (χ0) is 13.9. The molecule has 1 fully saturated rings. The smallest absolute Gasteiger partial charge is 0.240 e. The van der Waals surface area contributed by atoms with E-state index in [9.17, 15) is 4.79 Å². The average molecular weight is 346 g/mol. The zero-order valence-corrected chi connectivity index (χ0v) is 14.6. The van der Waals surface area contributed by atoms with E-state index in [1.54, 1.807) is 0 Å². The van der Waals surface area contributed by atoms with Crippen LogP contribution < -0.4 is 5.32 Å². The predicted octanol–water partition coefficient (Wildman–Crippen LogP) is 1.71. The number of carbonyl (C=O) groups excluding carboxylic acids is 1. The molecule has 1 saturated heterocycles. The Hall–Kier alpha value is -0.810. The molecule has 22 heavy (non-hydrogen) atoms. The Morgan fingerprint density at radius 3 is 2.41 bits per heavy atom. The molecule has 2 aliphatic rings. The van der Waals surface area contributed by atoms with Crippen LogP contribution in [-0.4, -0.2) is 54.5 Å². The summed E-state index contributed by atoms with van der Waals surface area (Å²) in [5, 5.41) is 3.39. The minimum Gasteiger partial charge on any atom is -0.339 e. The third kappa shape index (κ3) is 4.13. The van der Waals surface area contributed by atoms with Crippen LogP contribution in [0.15, 0.2) is 24.3 Å². The Morgan fingerprint density at radius 1 is 1.14 bits per heavy atom. The first-order chi connectivity index (χ1) is 9.78. The fourth-order valence-electron chi connectivity index (χ4n) is 3.13. The highest BCUT2D eigenvalue weighted by atomic mass is 35.5. The number of hydrogen-bond acceptors (Lipinski definition) is 3. The summed E-state index contributed by atoms with van der Waals surface area (Å²) in [6, 6.07) is 8.37. The maximum absolute atomic E-state index is 12.6. The van der Waals surface area contributed by atoms with Crippen LogP contribution in [0, 0.1) is 0 Å². The quantitative estimate of drug-likeness (QED) is 0.886. The van der Waals surface area contributed by atoms with Crippen LogP contribution in [-0.2, 0) is 17.8 Å². The Labute approximate surface area is 145 Å². The molecule has 4 nitrogen and oxygen atoms in total. The van der Waals surface area contributed by atoms with Gasteiger partial charge in [0, 0.05) is 32.7 Å². The topological polar surface area (TPSA) is 35.6 Å². The Bertz CT molecular complexity index is 490. The third-order valence-electron chi connectivity index (χ3n) is 4.51. The van der Waals surface area contributed by atoms with Crippen molar-refractivity contribution in [2.75, 3.05) is 32.7 Å². The molecule has 6 heteroatoms. The van der Waals surface area contributed by atoms with Gasteiger partial charge < -0.3 is 15.1 Å². The van der Waals surface area contributed by atoms with E-state index < -0.39 is 0 Å². The van der Waals surface area contributed by atoms with E-state index in [-0.39, 0.29) is 36.8 Å². The van der Waals surface area contributed by atoms with Gasteiger partial charge in [-0.1, -0.05) is 31.2 Å². The van der Waals surface area contributed by atoms with Crippen molar-refractivity contribution in [1.29, 1.82) is 0 Å². The number of nitrogens with zero attached hydrogens (tertiary/aromatic N) is 2. The van der Waals surface area contributed by atoms with Crippen molar-refractivity contribution < 1.29 is 4.79 Å². The van der Waals surface area contributed by atoms with Gasteiger partial charge in [0.25, 0.3) is 0 Å². The summed E-state index contributed by atoms with van der Waals surface area (Å²) >= 11 is 0. The van der Waals surface area contributed by atoms with Crippen molar-refractivity contribution in [3.63, 3.8) is 0 Å². The molecule has 0 aliphatic carbocycles.